The minimum absolute atomic E-state index is 0.0292. The van der Waals surface area contributed by atoms with Gasteiger partial charge in [-0.05, 0) is 72.3 Å². The third-order valence-electron chi connectivity index (χ3n) is 5.86. The molecule has 11 heteroatoms. The van der Waals surface area contributed by atoms with E-state index in [4.69, 9.17) is 30.1 Å². The van der Waals surface area contributed by atoms with Crippen LogP contribution in [0, 0.1) is 15.9 Å². The van der Waals surface area contributed by atoms with E-state index in [0.29, 0.717) is 56.7 Å². The highest BCUT2D eigenvalue weighted by Gasteiger charge is 2.31. The Bertz CT molecular complexity index is 1680. The van der Waals surface area contributed by atoms with Crippen LogP contribution in [0.4, 0.5) is 0 Å². The van der Waals surface area contributed by atoms with E-state index in [-0.39, 0.29) is 17.7 Å². The standard InChI is InChI=1S/C29H27IN2O7S/c1-6-11-39-26-18(12-19(30)15-23(26)35-4)14-24-27(33)32-25(20(28(34)36-5)16-31-29(32)40-24)17-9-10-21(37-7-2)22(13-17)38-8-3/h1,9-10,12-16,25H,7-8,11H2,2-5H3/b24-14+/t25-/m1/s1. The number of aromatic nitrogens is 1. The molecular weight excluding hydrogens is 647 g/mol. The van der Waals surface area contributed by atoms with Crippen LogP contribution in [0.2, 0.25) is 0 Å². The summed E-state index contributed by atoms with van der Waals surface area (Å²) in [5.41, 5.74) is 1.13. The summed E-state index contributed by atoms with van der Waals surface area (Å²) in [6, 6.07) is 8.22. The van der Waals surface area contributed by atoms with Crippen molar-refractivity contribution in [2.45, 2.75) is 19.9 Å². The molecule has 0 bridgehead atoms. The van der Waals surface area contributed by atoms with Gasteiger partial charge in [-0.1, -0.05) is 23.3 Å². The fraction of sp³-hybridized carbons (Fsp3) is 0.276. The van der Waals surface area contributed by atoms with Crippen LogP contribution in [-0.2, 0) is 9.53 Å². The Balaban J connectivity index is 1.94. The maximum absolute atomic E-state index is 13.9. The summed E-state index contributed by atoms with van der Waals surface area (Å²) in [7, 11) is 2.82. The van der Waals surface area contributed by atoms with Crippen LogP contribution in [0.3, 0.4) is 0 Å². The molecule has 1 aliphatic rings. The number of methoxy groups -OCH3 is 2. The SMILES string of the molecule is C#CCOc1c(/C=c2/sc3n(c2=O)[C@H](c2ccc(OCC)c(OCC)c2)C(C(=O)OC)=CN=3)cc(I)cc1OC. The van der Waals surface area contributed by atoms with Crippen molar-refractivity contribution in [1.29, 1.82) is 0 Å². The zero-order valence-electron chi connectivity index (χ0n) is 22.4. The van der Waals surface area contributed by atoms with E-state index in [2.05, 4.69) is 33.5 Å². The molecule has 0 fully saturated rings. The van der Waals surface area contributed by atoms with Gasteiger partial charge in [0.1, 0.15) is 6.61 Å². The second kappa shape index (κ2) is 13.1. The van der Waals surface area contributed by atoms with E-state index in [1.807, 2.05) is 26.0 Å². The molecule has 0 radical (unpaired) electrons. The van der Waals surface area contributed by atoms with E-state index >= 15 is 0 Å². The van der Waals surface area contributed by atoms with Gasteiger partial charge in [-0.15, -0.1) is 6.42 Å². The number of carbonyl (C=O) groups excluding carboxylic acids is 1. The molecule has 40 heavy (non-hydrogen) atoms. The fourth-order valence-corrected chi connectivity index (χ4v) is 5.82. The monoisotopic (exact) mass is 674 g/mol. The number of fused-ring (bicyclic) bond motifs is 1. The van der Waals surface area contributed by atoms with Crippen LogP contribution in [0.1, 0.15) is 31.0 Å². The summed E-state index contributed by atoms with van der Waals surface area (Å²) in [4.78, 5) is 31.6. The highest BCUT2D eigenvalue weighted by molar-refractivity contribution is 14.1. The Morgan fingerprint density at radius 3 is 2.55 bits per heavy atom. The number of carbonyl (C=O) groups is 1. The van der Waals surface area contributed by atoms with E-state index in [9.17, 15) is 9.59 Å². The quantitative estimate of drug-likeness (QED) is 0.185. The maximum atomic E-state index is 13.9. The van der Waals surface area contributed by atoms with Crippen LogP contribution < -0.4 is 33.8 Å². The van der Waals surface area contributed by atoms with Crippen molar-refractivity contribution in [2.24, 2.45) is 4.99 Å². The van der Waals surface area contributed by atoms with Crippen molar-refractivity contribution in [3.63, 3.8) is 0 Å². The second-order valence-electron chi connectivity index (χ2n) is 8.27. The Morgan fingerprint density at radius 2 is 1.88 bits per heavy atom. The molecule has 2 aromatic carbocycles. The lowest BCUT2D eigenvalue weighted by atomic mass is 9.97. The van der Waals surface area contributed by atoms with Gasteiger partial charge in [-0.2, -0.15) is 0 Å². The second-order valence-corrected chi connectivity index (χ2v) is 10.5. The maximum Gasteiger partial charge on any atom is 0.337 e. The molecular formula is C29H27IN2O7S. The molecule has 0 N–H and O–H groups in total. The fourth-order valence-electron chi connectivity index (χ4n) is 4.24. The number of ether oxygens (including phenoxy) is 5. The molecule has 0 aliphatic carbocycles. The number of hydrogen-bond donors (Lipinski definition) is 0. The molecule has 0 amide bonds. The Kier molecular flexibility index (Phi) is 9.54. The van der Waals surface area contributed by atoms with Crippen molar-refractivity contribution in [3.05, 3.63) is 76.5 Å². The van der Waals surface area contributed by atoms with Gasteiger partial charge >= 0.3 is 5.97 Å². The van der Waals surface area contributed by atoms with Crippen LogP contribution in [0.5, 0.6) is 23.0 Å². The summed E-state index contributed by atoms with van der Waals surface area (Å²) in [6.07, 6.45) is 8.57. The molecule has 3 aromatic rings. The molecule has 9 nitrogen and oxygen atoms in total. The van der Waals surface area contributed by atoms with Crippen molar-refractivity contribution in [1.82, 2.24) is 4.57 Å². The van der Waals surface area contributed by atoms with Crippen LogP contribution in [-0.4, -0.2) is 44.6 Å². The summed E-state index contributed by atoms with van der Waals surface area (Å²) in [6.45, 7) is 4.65. The van der Waals surface area contributed by atoms with Crippen LogP contribution >= 0.6 is 33.9 Å². The highest BCUT2D eigenvalue weighted by atomic mass is 127. The average molecular weight is 675 g/mol. The predicted octanol–water partition coefficient (Wildman–Crippen LogP) is 3.44. The molecule has 4 rings (SSSR count). The number of halogens is 1. The van der Waals surface area contributed by atoms with Crippen molar-refractivity contribution in [2.75, 3.05) is 34.0 Å². The van der Waals surface area contributed by atoms with Crippen molar-refractivity contribution in [3.8, 4) is 35.3 Å². The number of thiazole rings is 1. The van der Waals surface area contributed by atoms with E-state index in [1.54, 1.807) is 24.3 Å². The van der Waals surface area contributed by atoms with Gasteiger partial charge in [0, 0.05) is 15.3 Å². The Labute approximate surface area is 248 Å². The Hall–Kier alpha value is -3.76. The zero-order valence-corrected chi connectivity index (χ0v) is 25.3. The van der Waals surface area contributed by atoms with Gasteiger partial charge in [0.25, 0.3) is 5.56 Å². The largest absolute Gasteiger partial charge is 0.493 e. The molecule has 1 atom stereocenters. The lowest BCUT2D eigenvalue weighted by Gasteiger charge is -2.23. The van der Waals surface area contributed by atoms with Gasteiger partial charge in [0.2, 0.25) is 0 Å². The number of rotatable bonds is 10. The number of terminal acetylenes is 1. The first kappa shape index (κ1) is 29.2. The van der Waals surface area contributed by atoms with E-state index in [1.165, 1.54) is 36.3 Å². The number of hydrogen-bond acceptors (Lipinski definition) is 9. The first-order valence-corrected chi connectivity index (χ1v) is 14.2. The van der Waals surface area contributed by atoms with Crippen LogP contribution in [0.15, 0.2) is 51.9 Å². The van der Waals surface area contributed by atoms with Crippen molar-refractivity contribution >= 4 is 46.0 Å². The van der Waals surface area contributed by atoms with Gasteiger partial charge in [0.05, 0.1) is 43.6 Å². The number of esters is 1. The molecule has 2 heterocycles. The van der Waals surface area contributed by atoms with E-state index in [0.717, 1.165) is 3.57 Å². The molecule has 1 aromatic heterocycles. The summed E-state index contributed by atoms with van der Waals surface area (Å²) >= 11 is 3.35. The minimum atomic E-state index is -0.802. The number of nitrogens with zero attached hydrogens (tertiary/aromatic N) is 2. The molecule has 0 saturated carbocycles. The molecule has 0 spiro atoms. The third kappa shape index (κ3) is 5.88. The summed E-state index contributed by atoms with van der Waals surface area (Å²) in [5, 5.41) is 0. The summed E-state index contributed by atoms with van der Waals surface area (Å²) < 4.78 is 30.6. The topological polar surface area (TPSA) is 97.6 Å². The van der Waals surface area contributed by atoms with E-state index < -0.39 is 12.0 Å². The molecule has 0 unspecified atom stereocenters. The van der Waals surface area contributed by atoms with Gasteiger partial charge < -0.3 is 23.7 Å². The molecule has 0 saturated heterocycles. The highest BCUT2D eigenvalue weighted by Crippen LogP contribution is 2.36. The number of benzene rings is 2. The van der Waals surface area contributed by atoms with Gasteiger partial charge in [-0.25, -0.2) is 9.79 Å². The smallest absolute Gasteiger partial charge is 0.337 e. The van der Waals surface area contributed by atoms with Crippen molar-refractivity contribution < 1.29 is 28.5 Å². The minimum Gasteiger partial charge on any atom is -0.493 e. The average Bonchev–Trinajstić information content (AvgIpc) is 3.27. The normalized spacial score (nSPS) is 14.3. The summed E-state index contributed by atoms with van der Waals surface area (Å²) in [5.74, 6) is 3.84. The first-order chi connectivity index (χ1) is 19.4. The lowest BCUT2D eigenvalue weighted by molar-refractivity contribution is -0.136. The van der Waals surface area contributed by atoms with Crippen LogP contribution in [0.25, 0.3) is 6.08 Å². The predicted molar refractivity (Wildman–Crippen MR) is 160 cm³/mol. The van der Waals surface area contributed by atoms with Gasteiger partial charge in [0.15, 0.2) is 27.8 Å². The third-order valence-corrected chi connectivity index (χ3v) is 7.48. The first-order valence-electron chi connectivity index (χ1n) is 12.3. The Morgan fingerprint density at radius 1 is 1.12 bits per heavy atom. The lowest BCUT2D eigenvalue weighted by Crippen LogP contribution is -2.39. The van der Waals surface area contributed by atoms with Gasteiger partial charge in [-0.3, -0.25) is 9.36 Å². The zero-order chi connectivity index (χ0) is 28.8. The molecule has 1 aliphatic heterocycles. The molecule has 208 valence electrons.